The summed E-state index contributed by atoms with van der Waals surface area (Å²) in [6, 6.07) is 4.61. The van der Waals surface area contributed by atoms with Gasteiger partial charge in [-0.15, -0.1) is 0 Å². The zero-order chi connectivity index (χ0) is 13.3. The van der Waals surface area contributed by atoms with E-state index < -0.39 is 17.6 Å². The highest BCUT2D eigenvalue weighted by Crippen LogP contribution is 2.24. The molecule has 1 aromatic carbocycles. The number of hydrogen-bond donors (Lipinski definition) is 0. The lowest BCUT2D eigenvalue weighted by Crippen LogP contribution is -2.03. The highest BCUT2D eigenvalue weighted by atomic mass is 19.1. The van der Waals surface area contributed by atoms with E-state index in [9.17, 15) is 13.6 Å². The Hall–Kier alpha value is -2.24. The summed E-state index contributed by atoms with van der Waals surface area (Å²) in [6.07, 6.45) is 0. The quantitative estimate of drug-likeness (QED) is 0.769. The van der Waals surface area contributed by atoms with Crippen LogP contribution in [0.15, 0.2) is 24.3 Å². The van der Waals surface area contributed by atoms with Gasteiger partial charge in [-0.2, -0.15) is 5.10 Å². The molecule has 0 saturated carbocycles. The van der Waals surface area contributed by atoms with E-state index in [2.05, 4.69) is 9.84 Å². The second-order valence-corrected chi connectivity index (χ2v) is 3.65. The largest absolute Gasteiger partial charge is 0.464 e. The number of methoxy groups -OCH3 is 1. The van der Waals surface area contributed by atoms with Gasteiger partial charge in [0.05, 0.1) is 12.8 Å². The Kier molecular flexibility index (Phi) is 3.10. The third kappa shape index (κ3) is 2.09. The third-order valence-corrected chi connectivity index (χ3v) is 2.48. The van der Waals surface area contributed by atoms with Gasteiger partial charge in [-0.05, 0) is 18.2 Å². The molecule has 4 nitrogen and oxygen atoms in total. The second kappa shape index (κ2) is 4.56. The van der Waals surface area contributed by atoms with Crippen LogP contribution in [0.2, 0.25) is 0 Å². The average Bonchev–Trinajstić information content (AvgIpc) is 2.70. The normalized spacial score (nSPS) is 10.4. The van der Waals surface area contributed by atoms with E-state index in [4.69, 9.17) is 0 Å². The summed E-state index contributed by atoms with van der Waals surface area (Å²) < 4.78 is 32.3. The lowest BCUT2D eigenvalue weighted by Gasteiger charge is -2.02. The molecule has 0 aliphatic heterocycles. The minimum absolute atomic E-state index is 0.0683. The van der Waals surface area contributed by atoms with Crippen molar-refractivity contribution >= 4 is 5.97 Å². The molecule has 1 heterocycles. The molecule has 6 heteroatoms. The molecular formula is C12H10F2N2O2. The van der Waals surface area contributed by atoms with Crippen LogP contribution in [-0.2, 0) is 11.8 Å². The topological polar surface area (TPSA) is 44.1 Å². The fourth-order valence-corrected chi connectivity index (χ4v) is 1.62. The maximum atomic E-state index is 13.6. The van der Waals surface area contributed by atoms with E-state index in [0.717, 1.165) is 12.1 Å². The van der Waals surface area contributed by atoms with Gasteiger partial charge in [0.1, 0.15) is 11.6 Å². The summed E-state index contributed by atoms with van der Waals surface area (Å²) in [5.74, 6) is -1.99. The molecule has 94 valence electrons. The molecule has 0 atom stereocenters. The Bertz CT molecular complexity index is 608. The van der Waals surface area contributed by atoms with Crippen LogP contribution >= 0.6 is 0 Å². The first kappa shape index (κ1) is 12.2. The number of benzene rings is 1. The monoisotopic (exact) mass is 252 g/mol. The average molecular weight is 252 g/mol. The van der Waals surface area contributed by atoms with Crippen LogP contribution in [0.25, 0.3) is 11.3 Å². The van der Waals surface area contributed by atoms with Gasteiger partial charge in [-0.1, -0.05) is 0 Å². The minimum Gasteiger partial charge on any atom is -0.464 e. The number of carbonyl (C=O) groups is 1. The number of nitrogens with zero attached hydrogens (tertiary/aromatic N) is 2. The van der Waals surface area contributed by atoms with Crippen molar-refractivity contribution in [2.45, 2.75) is 0 Å². The molecule has 0 aliphatic rings. The SMILES string of the molecule is COC(=O)c1cc(-c2ccc(F)cc2F)n(C)n1. The van der Waals surface area contributed by atoms with E-state index >= 15 is 0 Å². The lowest BCUT2D eigenvalue weighted by molar-refractivity contribution is 0.0593. The Morgan fingerprint density at radius 3 is 2.67 bits per heavy atom. The van der Waals surface area contributed by atoms with Crippen molar-refractivity contribution in [3.63, 3.8) is 0 Å². The van der Waals surface area contributed by atoms with Crippen molar-refractivity contribution in [1.29, 1.82) is 0 Å². The van der Waals surface area contributed by atoms with Crippen LogP contribution in [0, 0.1) is 11.6 Å². The maximum absolute atomic E-state index is 13.6. The fourth-order valence-electron chi connectivity index (χ4n) is 1.62. The molecule has 0 bridgehead atoms. The van der Waals surface area contributed by atoms with Gasteiger partial charge in [-0.3, -0.25) is 4.68 Å². The van der Waals surface area contributed by atoms with Crippen molar-refractivity contribution in [2.24, 2.45) is 7.05 Å². The zero-order valence-corrected chi connectivity index (χ0v) is 9.78. The number of rotatable bonds is 2. The Morgan fingerprint density at radius 2 is 2.06 bits per heavy atom. The molecule has 0 fully saturated rings. The molecule has 0 aliphatic carbocycles. The van der Waals surface area contributed by atoms with Crippen LogP contribution in [-0.4, -0.2) is 22.9 Å². The van der Waals surface area contributed by atoms with Gasteiger partial charge in [0.2, 0.25) is 0 Å². The molecule has 2 rings (SSSR count). The predicted octanol–water partition coefficient (Wildman–Crippen LogP) is 2.15. The molecule has 1 aromatic heterocycles. The number of esters is 1. The zero-order valence-electron chi connectivity index (χ0n) is 9.78. The minimum atomic E-state index is -0.714. The van der Waals surface area contributed by atoms with Crippen molar-refractivity contribution < 1.29 is 18.3 Å². The summed E-state index contributed by atoms with van der Waals surface area (Å²) in [4.78, 5) is 11.3. The first-order chi connectivity index (χ1) is 8.52. The second-order valence-electron chi connectivity index (χ2n) is 3.65. The van der Waals surface area contributed by atoms with E-state index in [-0.39, 0.29) is 11.3 Å². The van der Waals surface area contributed by atoms with E-state index in [1.807, 2.05) is 0 Å². The lowest BCUT2D eigenvalue weighted by atomic mass is 10.1. The molecule has 0 amide bonds. The highest BCUT2D eigenvalue weighted by Gasteiger charge is 2.16. The standard InChI is InChI=1S/C12H10F2N2O2/c1-16-11(6-10(15-16)12(17)18-2)8-4-3-7(13)5-9(8)14/h3-6H,1-2H3. The highest BCUT2D eigenvalue weighted by molar-refractivity contribution is 5.88. The van der Waals surface area contributed by atoms with Crippen LogP contribution < -0.4 is 0 Å². The van der Waals surface area contributed by atoms with Gasteiger partial charge in [0.15, 0.2) is 5.69 Å². The van der Waals surface area contributed by atoms with Crippen molar-refractivity contribution in [1.82, 2.24) is 9.78 Å². The molecule has 0 unspecified atom stereocenters. The summed E-state index contributed by atoms with van der Waals surface area (Å²) in [5.41, 5.74) is 0.605. The first-order valence-electron chi connectivity index (χ1n) is 5.10. The molecule has 0 radical (unpaired) electrons. The molecule has 2 aromatic rings. The van der Waals surface area contributed by atoms with E-state index in [1.165, 1.54) is 23.9 Å². The van der Waals surface area contributed by atoms with Crippen molar-refractivity contribution in [3.8, 4) is 11.3 Å². The molecular weight excluding hydrogens is 242 g/mol. The molecule has 18 heavy (non-hydrogen) atoms. The fraction of sp³-hybridized carbons (Fsp3) is 0.167. The van der Waals surface area contributed by atoms with Gasteiger partial charge < -0.3 is 4.74 Å². The summed E-state index contributed by atoms with van der Waals surface area (Å²) in [5, 5.41) is 3.90. The number of ether oxygens (including phenoxy) is 1. The molecule has 0 saturated heterocycles. The smallest absolute Gasteiger partial charge is 0.358 e. The summed E-state index contributed by atoms with van der Waals surface area (Å²) in [7, 11) is 2.79. The number of hydrogen-bond acceptors (Lipinski definition) is 3. The van der Waals surface area contributed by atoms with Crippen LogP contribution in [0.1, 0.15) is 10.5 Å². The Balaban J connectivity index is 2.51. The van der Waals surface area contributed by atoms with Crippen molar-refractivity contribution in [3.05, 3.63) is 41.6 Å². The number of halogens is 2. The molecule has 0 spiro atoms. The van der Waals surface area contributed by atoms with E-state index in [1.54, 1.807) is 7.05 Å². The number of aryl methyl sites for hydroxylation is 1. The summed E-state index contributed by atoms with van der Waals surface area (Å²) >= 11 is 0. The molecule has 0 N–H and O–H groups in total. The maximum Gasteiger partial charge on any atom is 0.358 e. The van der Waals surface area contributed by atoms with Crippen LogP contribution in [0.3, 0.4) is 0 Å². The van der Waals surface area contributed by atoms with Gasteiger partial charge in [0.25, 0.3) is 0 Å². The van der Waals surface area contributed by atoms with Gasteiger partial charge >= 0.3 is 5.97 Å². The first-order valence-corrected chi connectivity index (χ1v) is 5.10. The van der Waals surface area contributed by atoms with Crippen molar-refractivity contribution in [2.75, 3.05) is 7.11 Å². The van der Waals surface area contributed by atoms with Crippen LogP contribution in [0.5, 0.6) is 0 Å². The number of aromatic nitrogens is 2. The third-order valence-electron chi connectivity index (χ3n) is 2.48. The Morgan fingerprint density at radius 1 is 1.33 bits per heavy atom. The van der Waals surface area contributed by atoms with Gasteiger partial charge in [0, 0.05) is 18.7 Å². The van der Waals surface area contributed by atoms with Gasteiger partial charge in [-0.25, -0.2) is 13.6 Å². The summed E-state index contributed by atoms with van der Waals surface area (Å²) in [6.45, 7) is 0. The van der Waals surface area contributed by atoms with Crippen LogP contribution in [0.4, 0.5) is 8.78 Å². The Labute approximate surface area is 102 Å². The van der Waals surface area contributed by atoms with E-state index in [0.29, 0.717) is 5.69 Å². The number of carbonyl (C=O) groups excluding carboxylic acids is 1. The predicted molar refractivity (Wildman–Crippen MR) is 59.9 cm³/mol.